The summed E-state index contributed by atoms with van der Waals surface area (Å²) >= 11 is 6.03. The van der Waals surface area contributed by atoms with Crippen molar-refractivity contribution >= 4 is 17.5 Å². The second-order valence-electron chi connectivity index (χ2n) is 5.15. The predicted octanol–water partition coefficient (Wildman–Crippen LogP) is 3.41. The monoisotopic (exact) mass is 342 g/mol. The molecule has 0 aliphatic carbocycles. The molecular formula is C17H12ClFN4O. The number of amides is 1. The molecule has 2 N–H and O–H groups in total. The number of carbonyl (C=O) groups excluding carboxylic acids is 1. The second kappa shape index (κ2) is 6.33. The molecule has 0 radical (unpaired) electrons. The molecule has 120 valence electrons. The quantitative estimate of drug-likeness (QED) is 0.739. The summed E-state index contributed by atoms with van der Waals surface area (Å²) in [5.41, 5.74) is 8.45. The van der Waals surface area contributed by atoms with Gasteiger partial charge in [-0.15, -0.1) is 0 Å². The molecule has 0 aliphatic rings. The molecule has 0 atom stereocenters. The number of benzene rings is 1. The Morgan fingerprint density at radius 3 is 2.46 bits per heavy atom. The highest BCUT2D eigenvalue weighted by Crippen LogP contribution is 2.31. The lowest BCUT2D eigenvalue weighted by Crippen LogP contribution is -2.15. The number of halogens is 2. The molecule has 0 bridgehead atoms. The van der Waals surface area contributed by atoms with Gasteiger partial charge in [-0.25, -0.2) is 19.3 Å². The molecule has 0 fully saturated rings. The van der Waals surface area contributed by atoms with Crippen LogP contribution < -0.4 is 5.73 Å². The lowest BCUT2D eigenvalue weighted by atomic mass is 10.0. The van der Waals surface area contributed by atoms with Crippen molar-refractivity contribution < 1.29 is 9.18 Å². The number of nitrogens with two attached hydrogens (primary N) is 1. The van der Waals surface area contributed by atoms with Crippen LogP contribution in [0.2, 0.25) is 5.15 Å². The van der Waals surface area contributed by atoms with E-state index in [-0.39, 0.29) is 11.6 Å². The van der Waals surface area contributed by atoms with Gasteiger partial charge >= 0.3 is 0 Å². The Kier molecular flexibility index (Phi) is 4.22. The van der Waals surface area contributed by atoms with E-state index >= 15 is 0 Å². The van der Waals surface area contributed by atoms with Gasteiger partial charge < -0.3 is 5.73 Å². The number of carbonyl (C=O) groups is 1. The minimum absolute atomic E-state index is 0.116. The fraction of sp³-hybridized carbons (Fsp3) is 0.0588. The van der Waals surface area contributed by atoms with Gasteiger partial charge in [0, 0.05) is 23.0 Å². The van der Waals surface area contributed by atoms with Gasteiger partial charge in [0.1, 0.15) is 11.0 Å². The smallest absolute Gasteiger partial charge is 0.286 e. The molecular weight excluding hydrogens is 331 g/mol. The number of hydrogen-bond donors (Lipinski definition) is 1. The van der Waals surface area contributed by atoms with Crippen molar-refractivity contribution in [1.82, 2.24) is 15.0 Å². The molecule has 2 heterocycles. The molecule has 3 aromatic rings. The predicted molar refractivity (Wildman–Crippen MR) is 88.9 cm³/mol. The lowest BCUT2D eigenvalue weighted by Gasteiger charge is -2.11. The van der Waals surface area contributed by atoms with Crippen LogP contribution in [0.1, 0.15) is 16.3 Å². The first-order valence-electron chi connectivity index (χ1n) is 7.01. The Morgan fingerprint density at radius 2 is 1.83 bits per heavy atom. The summed E-state index contributed by atoms with van der Waals surface area (Å²) < 4.78 is 13.2. The van der Waals surface area contributed by atoms with E-state index in [0.717, 1.165) is 11.3 Å². The molecule has 24 heavy (non-hydrogen) atoms. The van der Waals surface area contributed by atoms with Crippen LogP contribution in [0.4, 0.5) is 4.39 Å². The van der Waals surface area contributed by atoms with Crippen molar-refractivity contribution in [1.29, 1.82) is 0 Å². The second-order valence-corrected chi connectivity index (χ2v) is 5.53. The number of rotatable bonds is 3. The van der Waals surface area contributed by atoms with Crippen LogP contribution in [0.25, 0.3) is 22.4 Å². The molecule has 0 saturated carbocycles. The third kappa shape index (κ3) is 3.23. The van der Waals surface area contributed by atoms with Crippen molar-refractivity contribution in [2.24, 2.45) is 5.73 Å². The molecule has 0 spiro atoms. The van der Waals surface area contributed by atoms with Crippen LogP contribution >= 0.6 is 11.6 Å². The van der Waals surface area contributed by atoms with Crippen LogP contribution in [0.5, 0.6) is 0 Å². The Morgan fingerprint density at radius 1 is 1.12 bits per heavy atom. The van der Waals surface area contributed by atoms with Crippen LogP contribution in [0.3, 0.4) is 0 Å². The zero-order valence-corrected chi connectivity index (χ0v) is 13.4. The molecule has 0 unspecified atom stereocenters. The number of aromatic nitrogens is 3. The maximum atomic E-state index is 13.2. The summed E-state index contributed by atoms with van der Waals surface area (Å²) in [6.07, 6.45) is 1.50. The summed E-state index contributed by atoms with van der Waals surface area (Å²) in [5, 5.41) is 0.328. The normalized spacial score (nSPS) is 10.6. The summed E-state index contributed by atoms with van der Waals surface area (Å²) in [7, 11) is 0. The first-order valence-corrected chi connectivity index (χ1v) is 7.39. The van der Waals surface area contributed by atoms with Crippen LogP contribution in [0, 0.1) is 12.7 Å². The van der Waals surface area contributed by atoms with Crippen molar-refractivity contribution in [3.63, 3.8) is 0 Å². The van der Waals surface area contributed by atoms with E-state index in [1.807, 2.05) is 13.0 Å². The van der Waals surface area contributed by atoms with E-state index in [2.05, 4.69) is 15.0 Å². The standard InChI is InChI=1S/C17H12ClFN4O/c1-9-6-11(7-14(18)22-9)13-8-21-17(16(20)24)23-15(13)10-2-4-12(19)5-3-10/h2-8H,1H3,(H2,20,24). The Balaban J connectivity index is 2.25. The Labute approximate surface area is 142 Å². The van der Waals surface area contributed by atoms with Crippen molar-refractivity contribution in [2.75, 3.05) is 0 Å². The van der Waals surface area contributed by atoms with Crippen LogP contribution in [-0.2, 0) is 0 Å². The number of primary amides is 1. The van der Waals surface area contributed by atoms with Gasteiger partial charge in [-0.3, -0.25) is 4.79 Å². The van der Waals surface area contributed by atoms with E-state index in [1.54, 1.807) is 18.2 Å². The fourth-order valence-corrected chi connectivity index (χ4v) is 2.57. The Bertz CT molecular complexity index is 908. The molecule has 0 aliphatic heterocycles. The number of pyridine rings is 1. The van der Waals surface area contributed by atoms with Crippen LogP contribution in [-0.4, -0.2) is 20.9 Å². The van der Waals surface area contributed by atoms with Crippen LogP contribution in [0.15, 0.2) is 42.6 Å². The van der Waals surface area contributed by atoms with E-state index in [4.69, 9.17) is 17.3 Å². The highest BCUT2D eigenvalue weighted by atomic mass is 35.5. The third-order valence-corrected chi connectivity index (χ3v) is 3.55. The van der Waals surface area contributed by atoms with E-state index in [9.17, 15) is 9.18 Å². The van der Waals surface area contributed by atoms with Crippen molar-refractivity contribution in [2.45, 2.75) is 6.92 Å². The summed E-state index contributed by atoms with van der Waals surface area (Å²) in [6.45, 7) is 1.81. The van der Waals surface area contributed by atoms with E-state index in [1.165, 1.54) is 18.3 Å². The van der Waals surface area contributed by atoms with E-state index < -0.39 is 5.91 Å². The fourth-order valence-electron chi connectivity index (χ4n) is 2.32. The van der Waals surface area contributed by atoms with Gasteiger partial charge in [-0.1, -0.05) is 11.6 Å². The van der Waals surface area contributed by atoms with Crippen molar-refractivity contribution in [3.8, 4) is 22.4 Å². The first kappa shape index (κ1) is 16.0. The highest BCUT2D eigenvalue weighted by molar-refractivity contribution is 6.29. The summed E-state index contributed by atoms with van der Waals surface area (Å²) in [4.78, 5) is 23.8. The van der Waals surface area contributed by atoms with E-state index in [0.29, 0.717) is 22.0 Å². The molecule has 7 heteroatoms. The maximum absolute atomic E-state index is 13.2. The molecule has 1 amide bonds. The number of hydrogen-bond acceptors (Lipinski definition) is 4. The molecule has 3 rings (SSSR count). The first-order chi connectivity index (χ1) is 11.4. The average Bonchev–Trinajstić information content (AvgIpc) is 2.54. The van der Waals surface area contributed by atoms with Gasteiger partial charge in [0.2, 0.25) is 5.82 Å². The SMILES string of the molecule is Cc1cc(-c2cnc(C(N)=O)nc2-c2ccc(F)cc2)cc(Cl)n1. The Hall–Kier alpha value is -2.86. The number of aryl methyl sites for hydroxylation is 1. The van der Waals surface area contributed by atoms with Gasteiger partial charge in [0.05, 0.1) is 5.69 Å². The zero-order valence-electron chi connectivity index (χ0n) is 12.6. The van der Waals surface area contributed by atoms with Gasteiger partial charge in [0.25, 0.3) is 5.91 Å². The lowest BCUT2D eigenvalue weighted by molar-refractivity contribution is 0.0990. The summed E-state index contributed by atoms with van der Waals surface area (Å²) in [6, 6.07) is 9.26. The average molecular weight is 343 g/mol. The zero-order chi connectivity index (χ0) is 17.3. The third-order valence-electron chi connectivity index (χ3n) is 3.36. The molecule has 2 aromatic heterocycles. The molecule has 5 nitrogen and oxygen atoms in total. The minimum Gasteiger partial charge on any atom is -0.363 e. The minimum atomic E-state index is -0.742. The molecule has 1 aromatic carbocycles. The largest absolute Gasteiger partial charge is 0.363 e. The van der Waals surface area contributed by atoms with Gasteiger partial charge in [0.15, 0.2) is 0 Å². The maximum Gasteiger partial charge on any atom is 0.286 e. The summed E-state index contributed by atoms with van der Waals surface area (Å²) in [5.74, 6) is -1.23. The van der Waals surface area contributed by atoms with Crippen molar-refractivity contribution in [3.05, 3.63) is 65.1 Å². The molecule has 0 saturated heterocycles. The topological polar surface area (TPSA) is 81.8 Å². The van der Waals surface area contributed by atoms with Gasteiger partial charge in [-0.05, 0) is 48.9 Å². The number of nitrogens with zero attached hydrogens (tertiary/aromatic N) is 3. The van der Waals surface area contributed by atoms with Gasteiger partial charge in [-0.2, -0.15) is 0 Å². The highest BCUT2D eigenvalue weighted by Gasteiger charge is 2.15.